The van der Waals surface area contributed by atoms with Crippen molar-refractivity contribution >= 4 is 23.6 Å². The van der Waals surface area contributed by atoms with Crippen molar-refractivity contribution in [3.8, 4) is 5.88 Å². The van der Waals surface area contributed by atoms with E-state index in [9.17, 15) is 4.79 Å². The zero-order valence-corrected chi connectivity index (χ0v) is 16.2. The Kier molecular flexibility index (Phi) is 5.72. The minimum Gasteiger partial charge on any atom is -0.472 e. The largest absolute Gasteiger partial charge is 0.472 e. The second kappa shape index (κ2) is 7.84. The third-order valence-corrected chi connectivity index (χ3v) is 4.23. The van der Waals surface area contributed by atoms with E-state index < -0.39 is 5.60 Å². The van der Waals surface area contributed by atoms with E-state index >= 15 is 0 Å². The molecule has 2 fully saturated rings. The first-order valence-corrected chi connectivity index (χ1v) is 9.20. The number of likely N-dealkylation sites (tertiary alicyclic amines) is 1. The molecule has 1 amide bonds. The number of hydrogen-bond donors (Lipinski definition) is 0. The van der Waals surface area contributed by atoms with Crippen molar-refractivity contribution in [2.75, 3.05) is 44.3 Å². The SMILES string of the molecule is CC(C)(C)OC(=O)N1CC[C@H](Oc2cc(Cl)nc(N3CCOCC3)n2)C1. The summed E-state index contributed by atoms with van der Waals surface area (Å²) in [6, 6.07) is 1.60. The highest BCUT2D eigenvalue weighted by Crippen LogP contribution is 2.23. The molecule has 0 spiro atoms. The highest BCUT2D eigenvalue weighted by atomic mass is 35.5. The smallest absolute Gasteiger partial charge is 0.410 e. The predicted octanol–water partition coefficient (Wildman–Crippen LogP) is 2.35. The van der Waals surface area contributed by atoms with Crippen molar-refractivity contribution < 1.29 is 19.0 Å². The minimum absolute atomic E-state index is 0.147. The first-order chi connectivity index (χ1) is 12.3. The summed E-state index contributed by atoms with van der Waals surface area (Å²) in [4.78, 5) is 24.6. The first kappa shape index (κ1) is 19.0. The minimum atomic E-state index is -0.511. The Labute approximate surface area is 158 Å². The van der Waals surface area contributed by atoms with Gasteiger partial charge in [0.2, 0.25) is 11.8 Å². The van der Waals surface area contributed by atoms with E-state index in [2.05, 4.69) is 9.97 Å². The number of hydrogen-bond acceptors (Lipinski definition) is 7. The molecule has 0 bridgehead atoms. The number of halogens is 1. The molecule has 0 aliphatic carbocycles. The summed E-state index contributed by atoms with van der Waals surface area (Å²) < 4.78 is 16.7. The van der Waals surface area contributed by atoms with Crippen LogP contribution in [-0.4, -0.2) is 72.1 Å². The Balaban J connectivity index is 1.61. The van der Waals surface area contributed by atoms with Crippen LogP contribution in [0.25, 0.3) is 0 Å². The monoisotopic (exact) mass is 384 g/mol. The second-order valence-corrected chi connectivity index (χ2v) is 7.77. The normalized spacial score (nSPS) is 21.0. The molecule has 1 aromatic rings. The summed E-state index contributed by atoms with van der Waals surface area (Å²) >= 11 is 6.13. The topological polar surface area (TPSA) is 77.0 Å². The molecule has 0 N–H and O–H groups in total. The maximum atomic E-state index is 12.2. The number of morpholine rings is 1. The van der Waals surface area contributed by atoms with E-state index in [1.807, 2.05) is 25.7 Å². The van der Waals surface area contributed by atoms with Crippen molar-refractivity contribution in [1.29, 1.82) is 0 Å². The second-order valence-electron chi connectivity index (χ2n) is 7.38. The average Bonchev–Trinajstić information content (AvgIpc) is 3.02. The van der Waals surface area contributed by atoms with E-state index in [0.29, 0.717) is 49.7 Å². The lowest BCUT2D eigenvalue weighted by molar-refractivity contribution is 0.0275. The van der Waals surface area contributed by atoms with Crippen molar-refractivity contribution in [1.82, 2.24) is 14.9 Å². The molecule has 9 heteroatoms. The number of anilines is 1. The van der Waals surface area contributed by atoms with Gasteiger partial charge in [0.1, 0.15) is 16.9 Å². The molecule has 3 heterocycles. The van der Waals surface area contributed by atoms with Gasteiger partial charge in [0, 0.05) is 32.1 Å². The molecule has 1 aromatic heterocycles. The molecular weight excluding hydrogens is 360 g/mol. The zero-order valence-electron chi connectivity index (χ0n) is 15.4. The maximum absolute atomic E-state index is 12.2. The lowest BCUT2D eigenvalue weighted by atomic mass is 10.2. The Hall–Kier alpha value is -1.80. The molecule has 144 valence electrons. The predicted molar refractivity (Wildman–Crippen MR) is 96.9 cm³/mol. The number of carbonyl (C=O) groups is 1. The van der Waals surface area contributed by atoms with Gasteiger partial charge in [-0.25, -0.2) is 9.78 Å². The standard InChI is InChI=1S/C17H25ClN4O4/c1-17(2,3)26-16(23)22-5-4-12(11-22)25-14-10-13(18)19-15(20-14)21-6-8-24-9-7-21/h10,12H,4-9,11H2,1-3H3/t12-/m0/s1. The van der Waals surface area contributed by atoms with Gasteiger partial charge >= 0.3 is 6.09 Å². The Morgan fingerprint density at radius 2 is 2.00 bits per heavy atom. The van der Waals surface area contributed by atoms with Gasteiger partial charge in [-0.2, -0.15) is 4.98 Å². The van der Waals surface area contributed by atoms with Crippen molar-refractivity contribution in [3.63, 3.8) is 0 Å². The van der Waals surface area contributed by atoms with Crippen LogP contribution in [0.2, 0.25) is 5.15 Å². The van der Waals surface area contributed by atoms with E-state index in [1.54, 1.807) is 11.0 Å². The highest BCUT2D eigenvalue weighted by Gasteiger charge is 2.31. The van der Waals surface area contributed by atoms with Crippen LogP contribution in [-0.2, 0) is 9.47 Å². The van der Waals surface area contributed by atoms with Crippen LogP contribution in [0.5, 0.6) is 5.88 Å². The van der Waals surface area contributed by atoms with Crippen LogP contribution in [0, 0.1) is 0 Å². The number of rotatable bonds is 3. The quantitative estimate of drug-likeness (QED) is 0.740. The Morgan fingerprint density at radius 3 is 2.69 bits per heavy atom. The zero-order chi connectivity index (χ0) is 18.7. The number of amides is 1. The fourth-order valence-corrected chi connectivity index (χ4v) is 3.01. The lowest BCUT2D eigenvalue weighted by Crippen LogP contribution is -2.37. The van der Waals surface area contributed by atoms with Gasteiger partial charge in [-0.05, 0) is 20.8 Å². The van der Waals surface area contributed by atoms with E-state index in [1.165, 1.54) is 0 Å². The Morgan fingerprint density at radius 1 is 1.27 bits per heavy atom. The molecule has 26 heavy (non-hydrogen) atoms. The Bertz CT molecular complexity index is 646. The fraction of sp³-hybridized carbons (Fsp3) is 0.706. The van der Waals surface area contributed by atoms with Crippen LogP contribution in [0.1, 0.15) is 27.2 Å². The summed E-state index contributed by atoms with van der Waals surface area (Å²) in [5.41, 5.74) is -0.511. The molecule has 0 unspecified atom stereocenters. The molecule has 3 rings (SSSR count). The van der Waals surface area contributed by atoms with Gasteiger partial charge in [-0.15, -0.1) is 0 Å². The number of ether oxygens (including phenoxy) is 3. The van der Waals surface area contributed by atoms with Crippen LogP contribution in [0.3, 0.4) is 0 Å². The van der Waals surface area contributed by atoms with Gasteiger partial charge < -0.3 is 24.0 Å². The molecule has 0 aromatic carbocycles. The van der Waals surface area contributed by atoms with Crippen LogP contribution >= 0.6 is 11.6 Å². The molecule has 0 radical (unpaired) electrons. The summed E-state index contributed by atoms with van der Waals surface area (Å²) in [7, 11) is 0. The van der Waals surface area contributed by atoms with Gasteiger partial charge in [0.15, 0.2) is 0 Å². The molecule has 2 saturated heterocycles. The number of nitrogens with zero attached hydrogens (tertiary/aromatic N) is 4. The maximum Gasteiger partial charge on any atom is 0.410 e. The molecular formula is C17H25ClN4O4. The van der Waals surface area contributed by atoms with E-state index in [4.69, 9.17) is 25.8 Å². The van der Waals surface area contributed by atoms with E-state index in [0.717, 1.165) is 13.1 Å². The lowest BCUT2D eigenvalue weighted by Gasteiger charge is -2.27. The fourth-order valence-electron chi connectivity index (χ4n) is 2.84. The van der Waals surface area contributed by atoms with Gasteiger partial charge in [0.25, 0.3) is 0 Å². The van der Waals surface area contributed by atoms with Crippen molar-refractivity contribution in [3.05, 3.63) is 11.2 Å². The third-order valence-electron chi connectivity index (χ3n) is 4.04. The summed E-state index contributed by atoms with van der Waals surface area (Å²) in [5, 5.41) is 0.332. The molecule has 1 atom stereocenters. The van der Waals surface area contributed by atoms with Crippen LogP contribution in [0.15, 0.2) is 6.07 Å². The van der Waals surface area contributed by atoms with Crippen molar-refractivity contribution in [2.24, 2.45) is 0 Å². The van der Waals surface area contributed by atoms with Crippen molar-refractivity contribution in [2.45, 2.75) is 38.9 Å². The first-order valence-electron chi connectivity index (χ1n) is 8.82. The summed E-state index contributed by atoms with van der Waals surface area (Å²) in [6.45, 7) is 9.32. The molecule has 2 aliphatic heterocycles. The van der Waals surface area contributed by atoms with E-state index in [-0.39, 0.29) is 12.2 Å². The van der Waals surface area contributed by atoms with Gasteiger partial charge in [0.05, 0.1) is 19.8 Å². The number of carbonyl (C=O) groups excluding carboxylic acids is 1. The molecule has 0 saturated carbocycles. The summed E-state index contributed by atoms with van der Waals surface area (Å²) in [6.07, 6.45) is 0.248. The number of aromatic nitrogens is 2. The third kappa shape index (κ3) is 5.11. The molecule has 8 nitrogen and oxygen atoms in total. The van der Waals surface area contributed by atoms with Gasteiger partial charge in [-0.1, -0.05) is 11.6 Å². The average molecular weight is 385 g/mol. The van der Waals surface area contributed by atoms with Gasteiger partial charge in [-0.3, -0.25) is 0 Å². The molecule has 2 aliphatic rings. The van der Waals surface area contributed by atoms with Crippen LogP contribution < -0.4 is 9.64 Å². The summed E-state index contributed by atoms with van der Waals surface area (Å²) in [5.74, 6) is 0.959. The highest BCUT2D eigenvalue weighted by molar-refractivity contribution is 6.29. The van der Waals surface area contributed by atoms with Crippen LogP contribution in [0.4, 0.5) is 10.7 Å².